The van der Waals surface area contributed by atoms with E-state index in [1.165, 1.54) is 0 Å². The Morgan fingerprint density at radius 2 is 2.20 bits per heavy atom. The molecule has 0 amide bonds. The standard InChI is InChI=1S/C9H6BrF3N2/c10-3-6-5(1-2-14)4-15-9(13)7(6)8(11)12/h4,8H,1,3H2. The van der Waals surface area contributed by atoms with Crippen molar-refractivity contribution in [2.75, 3.05) is 0 Å². The second-order valence-electron chi connectivity index (χ2n) is 2.74. The number of hydrogen-bond donors (Lipinski definition) is 0. The Labute approximate surface area is 92.9 Å². The second kappa shape index (κ2) is 5.12. The summed E-state index contributed by atoms with van der Waals surface area (Å²) in [6.07, 6.45) is -1.88. The van der Waals surface area contributed by atoms with Crippen molar-refractivity contribution < 1.29 is 13.2 Å². The molecule has 0 bridgehead atoms. The lowest BCUT2D eigenvalue weighted by Gasteiger charge is -2.10. The first kappa shape index (κ1) is 12.0. The average Bonchev–Trinajstić information content (AvgIpc) is 2.19. The van der Waals surface area contributed by atoms with Gasteiger partial charge >= 0.3 is 0 Å². The predicted octanol–water partition coefficient (Wildman–Crippen LogP) is 3.12. The van der Waals surface area contributed by atoms with Crippen molar-refractivity contribution >= 4 is 15.9 Å². The molecule has 1 heterocycles. The third kappa shape index (κ3) is 2.48. The van der Waals surface area contributed by atoms with Crippen molar-refractivity contribution in [3.63, 3.8) is 0 Å². The molecule has 80 valence electrons. The third-order valence-electron chi connectivity index (χ3n) is 1.89. The largest absolute Gasteiger partial charge is 0.268 e. The Morgan fingerprint density at radius 3 is 2.67 bits per heavy atom. The van der Waals surface area contributed by atoms with Crippen molar-refractivity contribution in [1.29, 1.82) is 5.26 Å². The quantitative estimate of drug-likeness (QED) is 0.629. The van der Waals surface area contributed by atoms with Gasteiger partial charge in [-0.05, 0) is 11.1 Å². The molecule has 0 saturated carbocycles. The van der Waals surface area contributed by atoms with E-state index >= 15 is 0 Å². The highest BCUT2D eigenvalue weighted by Gasteiger charge is 2.21. The summed E-state index contributed by atoms with van der Waals surface area (Å²) >= 11 is 2.99. The SMILES string of the molecule is N#CCc1cnc(F)c(C(F)F)c1CBr. The molecule has 2 nitrogen and oxygen atoms in total. The van der Waals surface area contributed by atoms with Gasteiger partial charge in [-0.15, -0.1) is 0 Å². The minimum Gasteiger partial charge on any atom is -0.228 e. The fourth-order valence-electron chi connectivity index (χ4n) is 1.20. The molecule has 0 N–H and O–H groups in total. The molecule has 0 aromatic carbocycles. The van der Waals surface area contributed by atoms with Crippen LogP contribution in [0.4, 0.5) is 13.2 Å². The Kier molecular flexibility index (Phi) is 4.09. The molecular weight excluding hydrogens is 273 g/mol. The van der Waals surface area contributed by atoms with Crippen LogP contribution in [0.5, 0.6) is 0 Å². The molecule has 0 saturated heterocycles. The first-order valence-electron chi connectivity index (χ1n) is 3.99. The van der Waals surface area contributed by atoms with Gasteiger partial charge in [0.1, 0.15) is 0 Å². The van der Waals surface area contributed by atoms with Crippen molar-refractivity contribution in [3.05, 3.63) is 28.8 Å². The van der Waals surface area contributed by atoms with Crippen molar-refractivity contribution in [3.8, 4) is 6.07 Å². The predicted molar refractivity (Wildman–Crippen MR) is 51.1 cm³/mol. The third-order valence-corrected chi connectivity index (χ3v) is 2.45. The van der Waals surface area contributed by atoms with Crippen molar-refractivity contribution in [2.24, 2.45) is 0 Å². The summed E-state index contributed by atoms with van der Waals surface area (Å²) in [7, 11) is 0. The maximum absolute atomic E-state index is 13.0. The molecule has 0 fully saturated rings. The van der Waals surface area contributed by atoms with Gasteiger partial charge in [0.15, 0.2) is 0 Å². The molecule has 1 aromatic heterocycles. The summed E-state index contributed by atoms with van der Waals surface area (Å²) in [4.78, 5) is 3.21. The fraction of sp³-hybridized carbons (Fsp3) is 0.333. The van der Waals surface area contributed by atoms with E-state index in [1.54, 1.807) is 0 Å². The van der Waals surface area contributed by atoms with Crippen LogP contribution in [-0.4, -0.2) is 4.98 Å². The fourth-order valence-corrected chi connectivity index (χ4v) is 1.86. The van der Waals surface area contributed by atoms with Crippen LogP contribution < -0.4 is 0 Å². The van der Waals surface area contributed by atoms with Gasteiger partial charge in [-0.1, -0.05) is 15.9 Å². The summed E-state index contributed by atoms with van der Waals surface area (Å²) in [5.41, 5.74) is -0.287. The Morgan fingerprint density at radius 1 is 1.53 bits per heavy atom. The lowest BCUT2D eigenvalue weighted by Crippen LogP contribution is -2.04. The van der Waals surface area contributed by atoms with Gasteiger partial charge in [0, 0.05) is 11.5 Å². The number of alkyl halides is 3. The minimum atomic E-state index is -2.93. The highest BCUT2D eigenvalue weighted by atomic mass is 79.9. The van der Waals surface area contributed by atoms with E-state index in [0.29, 0.717) is 5.56 Å². The number of nitriles is 1. The van der Waals surface area contributed by atoms with Gasteiger partial charge in [0.25, 0.3) is 6.43 Å². The van der Waals surface area contributed by atoms with Crippen LogP contribution in [0.3, 0.4) is 0 Å². The lowest BCUT2D eigenvalue weighted by molar-refractivity contribution is 0.144. The highest BCUT2D eigenvalue weighted by Crippen LogP contribution is 2.28. The number of nitrogens with zero attached hydrogens (tertiary/aromatic N) is 2. The van der Waals surface area contributed by atoms with Crippen LogP contribution >= 0.6 is 15.9 Å². The normalized spacial score (nSPS) is 10.4. The van der Waals surface area contributed by atoms with Crippen LogP contribution in [0.25, 0.3) is 0 Å². The molecule has 6 heteroatoms. The second-order valence-corrected chi connectivity index (χ2v) is 3.30. The molecular formula is C9H6BrF3N2. The zero-order chi connectivity index (χ0) is 11.4. The van der Waals surface area contributed by atoms with Gasteiger partial charge in [-0.3, -0.25) is 0 Å². The first-order valence-corrected chi connectivity index (χ1v) is 5.11. The molecule has 1 rings (SSSR count). The summed E-state index contributed by atoms with van der Waals surface area (Å²) in [5, 5.41) is 8.54. The Hall–Kier alpha value is -1.09. The van der Waals surface area contributed by atoms with Crippen LogP contribution in [0.2, 0.25) is 0 Å². The number of aromatic nitrogens is 1. The van der Waals surface area contributed by atoms with E-state index in [9.17, 15) is 13.2 Å². The van der Waals surface area contributed by atoms with Crippen molar-refractivity contribution in [1.82, 2.24) is 4.98 Å². The Balaban J connectivity index is 3.34. The summed E-state index contributed by atoms with van der Waals surface area (Å²) < 4.78 is 38.0. The maximum Gasteiger partial charge on any atom is 0.268 e. The van der Waals surface area contributed by atoms with Gasteiger partial charge < -0.3 is 0 Å². The summed E-state index contributed by atoms with van der Waals surface area (Å²) in [5.74, 6) is -1.18. The number of pyridine rings is 1. The smallest absolute Gasteiger partial charge is 0.228 e. The van der Waals surface area contributed by atoms with Gasteiger partial charge in [-0.25, -0.2) is 13.8 Å². The molecule has 0 aliphatic heterocycles. The van der Waals surface area contributed by atoms with E-state index < -0.39 is 17.9 Å². The maximum atomic E-state index is 13.0. The zero-order valence-electron chi connectivity index (χ0n) is 7.48. The van der Waals surface area contributed by atoms with E-state index in [0.717, 1.165) is 6.20 Å². The van der Waals surface area contributed by atoms with Gasteiger partial charge in [0.2, 0.25) is 5.95 Å². The minimum absolute atomic E-state index is 0.0616. The highest BCUT2D eigenvalue weighted by molar-refractivity contribution is 9.08. The van der Waals surface area contributed by atoms with Gasteiger partial charge in [0.05, 0.1) is 18.1 Å². The van der Waals surface area contributed by atoms with Crippen LogP contribution in [0.15, 0.2) is 6.20 Å². The lowest BCUT2D eigenvalue weighted by atomic mass is 10.0. The molecule has 0 spiro atoms. The van der Waals surface area contributed by atoms with Crippen molar-refractivity contribution in [2.45, 2.75) is 18.2 Å². The molecule has 0 aliphatic carbocycles. The number of hydrogen-bond acceptors (Lipinski definition) is 2. The monoisotopic (exact) mass is 278 g/mol. The van der Waals surface area contributed by atoms with Crippen LogP contribution in [0, 0.1) is 17.3 Å². The summed E-state index contributed by atoms with van der Waals surface area (Å²) in [6, 6.07) is 1.82. The average molecular weight is 279 g/mol. The molecule has 0 unspecified atom stereocenters. The molecule has 0 atom stereocenters. The van der Waals surface area contributed by atoms with E-state index in [2.05, 4.69) is 20.9 Å². The topological polar surface area (TPSA) is 36.7 Å². The Bertz CT molecular complexity index is 401. The number of rotatable bonds is 3. The molecule has 0 aliphatic rings. The van der Waals surface area contributed by atoms with Crippen LogP contribution in [0.1, 0.15) is 23.1 Å². The molecule has 1 aromatic rings. The molecule has 15 heavy (non-hydrogen) atoms. The van der Waals surface area contributed by atoms with E-state index in [4.69, 9.17) is 5.26 Å². The van der Waals surface area contributed by atoms with E-state index in [-0.39, 0.29) is 17.3 Å². The van der Waals surface area contributed by atoms with Gasteiger partial charge in [-0.2, -0.15) is 9.65 Å². The van der Waals surface area contributed by atoms with Crippen LogP contribution in [-0.2, 0) is 11.8 Å². The van der Waals surface area contributed by atoms with E-state index in [1.807, 2.05) is 6.07 Å². The molecule has 0 radical (unpaired) electrons. The first-order chi connectivity index (χ1) is 7.11. The zero-order valence-corrected chi connectivity index (χ0v) is 9.06. The summed E-state index contributed by atoms with van der Waals surface area (Å²) in [6.45, 7) is 0. The number of halogens is 4.